The molecule has 0 unspecified atom stereocenters. The summed E-state index contributed by atoms with van der Waals surface area (Å²) >= 11 is 0. The molecule has 0 fully saturated rings. The van der Waals surface area contributed by atoms with Crippen molar-refractivity contribution in [3.05, 3.63) is 24.2 Å². The van der Waals surface area contributed by atoms with Crippen LogP contribution in [0.25, 0.3) is 0 Å². The predicted molar refractivity (Wildman–Crippen MR) is 44.3 cm³/mol. The maximum absolute atomic E-state index is 11.2. The molecule has 1 heterocycles. The molecule has 1 rings (SSSR count). The number of carbonyl (C=O) groups excluding carboxylic acids is 2. The molecule has 0 N–H and O–H groups in total. The van der Waals surface area contributed by atoms with Crippen LogP contribution in [-0.4, -0.2) is 18.4 Å². The van der Waals surface area contributed by atoms with Crippen LogP contribution in [0.4, 0.5) is 0 Å². The van der Waals surface area contributed by atoms with Crippen LogP contribution in [0.1, 0.15) is 23.9 Å². The number of rotatable bonds is 4. The summed E-state index contributed by atoms with van der Waals surface area (Å²) in [4.78, 5) is 21.8. The number of carbonyl (C=O) groups is 2. The highest BCUT2D eigenvalue weighted by molar-refractivity contribution is 5.95. The minimum absolute atomic E-state index is 0.212. The Balaban J connectivity index is 2.39. The van der Waals surface area contributed by atoms with Gasteiger partial charge >= 0.3 is 5.97 Å². The number of ether oxygens (including phenoxy) is 1. The maximum atomic E-state index is 11.2. The predicted octanol–water partition coefficient (Wildman–Crippen LogP) is 1.42. The first-order valence-electron chi connectivity index (χ1n) is 3.96. The Hall–Kier alpha value is -1.58. The Kier molecular flexibility index (Phi) is 3.25. The van der Waals surface area contributed by atoms with Crippen LogP contribution < -0.4 is 0 Å². The second kappa shape index (κ2) is 4.45. The number of hydrogen-bond donors (Lipinski definition) is 0. The zero-order valence-corrected chi connectivity index (χ0v) is 7.28. The van der Waals surface area contributed by atoms with Crippen LogP contribution in [-0.2, 0) is 9.53 Å². The van der Waals surface area contributed by atoms with Crippen molar-refractivity contribution in [2.75, 3.05) is 6.61 Å². The van der Waals surface area contributed by atoms with Crippen molar-refractivity contribution in [2.24, 2.45) is 0 Å². The van der Waals surface area contributed by atoms with E-state index in [0.29, 0.717) is 0 Å². The van der Waals surface area contributed by atoms with Crippen molar-refractivity contribution < 1.29 is 18.7 Å². The zero-order chi connectivity index (χ0) is 9.68. The Morgan fingerprint density at radius 2 is 2.31 bits per heavy atom. The summed E-state index contributed by atoms with van der Waals surface area (Å²) in [6.45, 7) is 1.42. The van der Waals surface area contributed by atoms with Crippen molar-refractivity contribution in [3.63, 3.8) is 0 Å². The molecule has 0 aliphatic heterocycles. The minimum Gasteiger partial charge on any atom is -0.461 e. The van der Waals surface area contributed by atoms with Gasteiger partial charge in [-0.3, -0.25) is 9.59 Å². The summed E-state index contributed by atoms with van der Waals surface area (Å²) in [5.74, 6) is -0.504. The quantitative estimate of drug-likeness (QED) is 0.522. The monoisotopic (exact) mass is 182 g/mol. The number of Topliss-reactive ketones (excluding diaryl/α,β-unsaturated/α-hetero) is 1. The van der Waals surface area contributed by atoms with E-state index in [1.165, 1.54) is 12.3 Å². The van der Waals surface area contributed by atoms with E-state index in [9.17, 15) is 9.59 Å². The molecule has 0 saturated heterocycles. The minimum atomic E-state index is -0.389. The molecule has 0 bridgehead atoms. The van der Waals surface area contributed by atoms with E-state index in [2.05, 4.69) is 4.74 Å². The van der Waals surface area contributed by atoms with Gasteiger partial charge in [0.25, 0.3) is 0 Å². The van der Waals surface area contributed by atoms with Crippen molar-refractivity contribution in [1.82, 2.24) is 0 Å². The van der Waals surface area contributed by atoms with Crippen molar-refractivity contribution in [2.45, 2.75) is 13.3 Å². The lowest BCUT2D eigenvalue weighted by Crippen LogP contribution is -2.12. The SMILES string of the molecule is CCC(=O)OCC(=O)c1ccco1. The second-order valence-corrected chi connectivity index (χ2v) is 2.41. The summed E-state index contributed by atoms with van der Waals surface area (Å²) in [6, 6.07) is 3.14. The molecule has 13 heavy (non-hydrogen) atoms. The molecule has 0 atom stereocenters. The van der Waals surface area contributed by atoms with Crippen LogP contribution >= 0.6 is 0 Å². The van der Waals surface area contributed by atoms with Crippen LogP contribution in [0.15, 0.2) is 22.8 Å². The zero-order valence-electron chi connectivity index (χ0n) is 7.28. The fourth-order valence-electron chi connectivity index (χ4n) is 0.756. The molecule has 0 saturated carbocycles. The van der Waals surface area contributed by atoms with E-state index in [1.807, 2.05) is 0 Å². The van der Waals surface area contributed by atoms with Crippen LogP contribution in [0.5, 0.6) is 0 Å². The lowest BCUT2D eigenvalue weighted by Gasteiger charge is -1.99. The standard InChI is InChI=1S/C9H10O4/c1-2-9(11)13-6-7(10)8-4-3-5-12-8/h3-5H,2,6H2,1H3. The van der Waals surface area contributed by atoms with E-state index < -0.39 is 0 Å². The summed E-state index contributed by atoms with van der Waals surface area (Å²) in [5, 5.41) is 0. The van der Waals surface area contributed by atoms with Gasteiger partial charge in [0.05, 0.1) is 6.26 Å². The van der Waals surface area contributed by atoms with E-state index in [-0.39, 0.29) is 30.5 Å². The molecule has 0 aliphatic carbocycles. The molecule has 1 aromatic rings. The van der Waals surface area contributed by atoms with Gasteiger partial charge in [-0.05, 0) is 12.1 Å². The summed E-state index contributed by atoms with van der Waals surface area (Å²) in [7, 11) is 0. The Labute approximate surface area is 75.5 Å². The van der Waals surface area contributed by atoms with Gasteiger partial charge in [-0.15, -0.1) is 0 Å². The topological polar surface area (TPSA) is 56.5 Å². The number of furan rings is 1. The maximum Gasteiger partial charge on any atom is 0.305 e. The average Bonchev–Trinajstić information content (AvgIpc) is 2.66. The molecule has 0 aromatic carbocycles. The van der Waals surface area contributed by atoms with Gasteiger partial charge in [-0.25, -0.2) is 0 Å². The van der Waals surface area contributed by atoms with Crippen LogP contribution in [0.3, 0.4) is 0 Å². The first-order chi connectivity index (χ1) is 6.24. The summed E-state index contributed by atoms with van der Waals surface area (Å²) < 4.78 is 9.45. The van der Waals surface area contributed by atoms with Gasteiger partial charge in [0.1, 0.15) is 0 Å². The lowest BCUT2D eigenvalue weighted by molar-refractivity contribution is -0.142. The molecule has 70 valence electrons. The molecular weight excluding hydrogens is 172 g/mol. The smallest absolute Gasteiger partial charge is 0.305 e. The number of hydrogen-bond acceptors (Lipinski definition) is 4. The Bertz CT molecular complexity index is 287. The van der Waals surface area contributed by atoms with E-state index in [0.717, 1.165) is 0 Å². The molecule has 0 amide bonds. The van der Waals surface area contributed by atoms with E-state index >= 15 is 0 Å². The highest BCUT2D eigenvalue weighted by Crippen LogP contribution is 2.01. The second-order valence-electron chi connectivity index (χ2n) is 2.41. The molecule has 0 radical (unpaired) electrons. The third-order valence-electron chi connectivity index (χ3n) is 1.45. The van der Waals surface area contributed by atoms with Crippen molar-refractivity contribution in [3.8, 4) is 0 Å². The first kappa shape index (κ1) is 9.51. The fraction of sp³-hybridized carbons (Fsp3) is 0.333. The Morgan fingerprint density at radius 1 is 1.54 bits per heavy atom. The normalized spacial score (nSPS) is 9.62. The molecule has 1 aromatic heterocycles. The molecule has 4 heteroatoms. The highest BCUT2D eigenvalue weighted by atomic mass is 16.5. The third kappa shape index (κ3) is 2.74. The van der Waals surface area contributed by atoms with Gasteiger partial charge in [-0.2, -0.15) is 0 Å². The van der Waals surface area contributed by atoms with E-state index in [1.54, 1.807) is 13.0 Å². The van der Waals surface area contributed by atoms with Gasteiger partial charge in [0.15, 0.2) is 12.4 Å². The van der Waals surface area contributed by atoms with Gasteiger partial charge in [-0.1, -0.05) is 6.92 Å². The highest BCUT2D eigenvalue weighted by Gasteiger charge is 2.10. The van der Waals surface area contributed by atoms with Crippen molar-refractivity contribution in [1.29, 1.82) is 0 Å². The third-order valence-corrected chi connectivity index (χ3v) is 1.45. The van der Waals surface area contributed by atoms with Gasteiger partial charge in [0, 0.05) is 6.42 Å². The van der Waals surface area contributed by atoms with Crippen LogP contribution in [0, 0.1) is 0 Å². The first-order valence-corrected chi connectivity index (χ1v) is 3.96. The largest absolute Gasteiger partial charge is 0.461 e. The average molecular weight is 182 g/mol. The number of ketones is 1. The van der Waals surface area contributed by atoms with Crippen molar-refractivity contribution >= 4 is 11.8 Å². The summed E-state index contributed by atoms with van der Waals surface area (Å²) in [6.07, 6.45) is 1.67. The van der Waals surface area contributed by atoms with Gasteiger partial charge in [0.2, 0.25) is 5.78 Å². The molecule has 0 aliphatic rings. The fourth-order valence-corrected chi connectivity index (χ4v) is 0.756. The molecular formula is C9H10O4. The van der Waals surface area contributed by atoms with E-state index in [4.69, 9.17) is 4.42 Å². The van der Waals surface area contributed by atoms with Gasteiger partial charge < -0.3 is 9.15 Å². The summed E-state index contributed by atoms with van der Waals surface area (Å²) in [5.41, 5.74) is 0. The molecule has 4 nitrogen and oxygen atoms in total. The molecule has 0 spiro atoms. The Morgan fingerprint density at radius 3 is 2.85 bits per heavy atom. The lowest BCUT2D eigenvalue weighted by atomic mass is 10.3. The van der Waals surface area contributed by atoms with Crippen LogP contribution in [0.2, 0.25) is 0 Å². The number of esters is 1.